The number of pyridine rings is 1. The largest absolute Gasteiger partial charge is 0.416 e. The van der Waals surface area contributed by atoms with Gasteiger partial charge in [0, 0.05) is 49.9 Å². The molecule has 31 heavy (non-hydrogen) atoms. The Morgan fingerprint density at radius 1 is 1.06 bits per heavy atom. The van der Waals surface area contributed by atoms with E-state index in [9.17, 15) is 18.0 Å². The van der Waals surface area contributed by atoms with E-state index in [1.165, 1.54) is 12.1 Å². The van der Waals surface area contributed by atoms with Crippen molar-refractivity contribution in [3.8, 4) is 11.4 Å². The van der Waals surface area contributed by atoms with Crippen LogP contribution in [-0.4, -0.2) is 52.1 Å². The second kappa shape index (κ2) is 8.37. The monoisotopic (exact) mass is 431 g/mol. The van der Waals surface area contributed by atoms with Gasteiger partial charge >= 0.3 is 6.18 Å². The summed E-state index contributed by atoms with van der Waals surface area (Å²) < 4.78 is 43.2. The van der Waals surface area contributed by atoms with Gasteiger partial charge in [-0.15, -0.1) is 0 Å². The number of amides is 1. The van der Waals surface area contributed by atoms with E-state index in [4.69, 9.17) is 4.52 Å². The molecule has 1 fully saturated rings. The first-order valence-corrected chi connectivity index (χ1v) is 9.85. The molecule has 3 aromatic rings. The summed E-state index contributed by atoms with van der Waals surface area (Å²) in [6, 6.07) is 8.04. The predicted octanol–water partition coefficient (Wildman–Crippen LogP) is 3.68. The lowest BCUT2D eigenvalue weighted by Gasteiger charge is -2.35. The van der Waals surface area contributed by atoms with Crippen LogP contribution in [0, 0.1) is 0 Å². The second-order valence-electron chi connectivity index (χ2n) is 7.12. The maximum Gasteiger partial charge on any atom is 0.416 e. The molecule has 3 heterocycles. The summed E-state index contributed by atoms with van der Waals surface area (Å²) in [4.78, 5) is 25.1. The van der Waals surface area contributed by atoms with Gasteiger partial charge in [-0.2, -0.15) is 18.2 Å². The summed E-state index contributed by atoms with van der Waals surface area (Å²) in [5.74, 6) is 1.54. The van der Waals surface area contributed by atoms with Crippen molar-refractivity contribution in [3.05, 3.63) is 59.6 Å². The lowest BCUT2D eigenvalue weighted by molar-refractivity contribution is -0.137. The normalized spacial score (nSPS) is 14.7. The zero-order valence-electron chi connectivity index (χ0n) is 16.8. The van der Waals surface area contributed by atoms with E-state index in [2.05, 4.69) is 15.1 Å². The van der Waals surface area contributed by atoms with Crippen LogP contribution in [0.25, 0.3) is 11.4 Å². The number of benzene rings is 1. The Morgan fingerprint density at radius 3 is 2.32 bits per heavy atom. The van der Waals surface area contributed by atoms with Crippen LogP contribution in [0.4, 0.5) is 19.0 Å². The van der Waals surface area contributed by atoms with Crippen LogP contribution in [0.3, 0.4) is 0 Å². The third kappa shape index (κ3) is 4.52. The standard InChI is InChI=1S/C21H20F3N5O2/c1-2-18-26-19(27-31-18)15-5-8-17(25-13-15)28-9-11-29(12-10-28)20(30)14-3-6-16(7-4-14)21(22,23)24/h3-8,13H,2,9-12H2,1H3. The summed E-state index contributed by atoms with van der Waals surface area (Å²) in [7, 11) is 0. The Morgan fingerprint density at radius 2 is 1.77 bits per heavy atom. The minimum atomic E-state index is -4.42. The van der Waals surface area contributed by atoms with Gasteiger partial charge in [-0.1, -0.05) is 12.1 Å². The number of halogens is 3. The van der Waals surface area contributed by atoms with Crippen molar-refractivity contribution in [2.24, 2.45) is 0 Å². The molecule has 1 saturated heterocycles. The van der Waals surface area contributed by atoms with Crippen LogP contribution in [0.2, 0.25) is 0 Å². The topological polar surface area (TPSA) is 75.4 Å². The number of piperazine rings is 1. The first-order valence-electron chi connectivity index (χ1n) is 9.85. The van der Waals surface area contributed by atoms with E-state index in [1.807, 2.05) is 24.0 Å². The highest BCUT2D eigenvalue weighted by Crippen LogP contribution is 2.29. The van der Waals surface area contributed by atoms with Crippen LogP contribution in [0.5, 0.6) is 0 Å². The molecule has 1 aliphatic heterocycles. The van der Waals surface area contributed by atoms with Gasteiger partial charge in [0.15, 0.2) is 0 Å². The predicted molar refractivity (Wildman–Crippen MR) is 106 cm³/mol. The molecule has 7 nitrogen and oxygen atoms in total. The van der Waals surface area contributed by atoms with Crippen LogP contribution in [0.15, 0.2) is 47.1 Å². The van der Waals surface area contributed by atoms with Crippen LogP contribution in [0.1, 0.15) is 28.7 Å². The zero-order valence-corrected chi connectivity index (χ0v) is 16.8. The first kappa shape index (κ1) is 20.8. The van der Waals surface area contributed by atoms with Crippen LogP contribution < -0.4 is 4.90 Å². The molecule has 0 radical (unpaired) electrons. The highest BCUT2D eigenvalue weighted by molar-refractivity contribution is 5.94. The van der Waals surface area contributed by atoms with E-state index in [0.717, 1.165) is 23.5 Å². The fraction of sp³-hybridized carbons (Fsp3) is 0.333. The van der Waals surface area contributed by atoms with Gasteiger partial charge in [-0.3, -0.25) is 4.79 Å². The Bertz CT molecular complexity index is 1040. The fourth-order valence-corrected chi connectivity index (χ4v) is 3.34. The molecule has 0 bridgehead atoms. The van der Waals surface area contributed by atoms with E-state index < -0.39 is 11.7 Å². The Balaban J connectivity index is 1.36. The number of carbonyl (C=O) groups excluding carboxylic acids is 1. The van der Waals surface area contributed by atoms with Gasteiger partial charge < -0.3 is 14.3 Å². The number of carbonyl (C=O) groups is 1. The average Bonchev–Trinajstić information content (AvgIpc) is 3.28. The quantitative estimate of drug-likeness (QED) is 0.628. The molecule has 0 atom stereocenters. The van der Waals surface area contributed by atoms with E-state index >= 15 is 0 Å². The molecule has 0 spiro atoms. The maximum absolute atomic E-state index is 12.7. The number of alkyl halides is 3. The molecule has 0 aliphatic carbocycles. The summed E-state index contributed by atoms with van der Waals surface area (Å²) in [6.07, 6.45) is -2.08. The Labute approximate surface area is 176 Å². The molecule has 0 saturated carbocycles. The number of anilines is 1. The molecule has 0 unspecified atom stereocenters. The number of hydrogen-bond acceptors (Lipinski definition) is 6. The molecule has 1 aromatic carbocycles. The number of aromatic nitrogens is 3. The number of rotatable bonds is 4. The fourth-order valence-electron chi connectivity index (χ4n) is 3.34. The molecule has 10 heteroatoms. The molecule has 0 N–H and O–H groups in total. The molecule has 2 aromatic heterocycles. The van der Waals surface area contributed by atoms with E-state index in [1.54, 1.807) is 11.1 Å². The van der Waals surface area contributed by atoms with Crippen molar-refractivity contribution in [2.75, 3.05) is 31.1 Å². The number of aryl methyl sites for hydroxylation is 1. The summed E-state index contributed by atoms with van der Waals surface area (Å²) in [6.45, 7) is 3.98. The molecule has 1 amide bonds. The summed E-state index contributed by atoms with van der Waals surface area (Å²) >= 11 is 0. The molecular weight excluding hydrogens is 411 g/mol. The Kier molecular flexibility index (Phi) is 5.62. The SMILES string of the molecule is CCc1nc(-c2ccc(N3CCN(C(=O)c4ccc(C(F)(F)F)cc4)CC3)nc2)no1. The molecular formula is C21H20F3N5O2. The first-order chi connectivity index (χ1) is 14.8. The van der Waals surface area contributed by atoms with Crippen molar-refractivity contribution >= 4 is 11.7 Å². The highest BCUT2D eigenvalue weighted by atomic mass is 19.4. The third-order valence-electron chi connectivity index (χ3n) is 5.13. The Hall–Kier alpha value is -3.43. The van der Waals surface area contributed by atoms with Crippen molar-refractivity contribution in [1.29, 1.82) is 0 Å². The van der Waals surface area contributed by atoms with Crippen LogP contribution >= 0.6 is 0 Å². The summed E-state index contributed by atoms with van der Waals surface area (Å²) in [5.41, 5.74) is 0.230. The summed E-state index contributed by atoms with van der Waals surface area (Å²) in [5, 5.41) is 3.93. The number of nitrogens with zero attached hydrogens (tertiary/aromatic N) is 5. The second-order valence-corrected chi connectivity index (χ2v) is 7.12. The third-order valence-corrected chi connectivity index (χ3v) is 5.13. The van der Waals surface area contributed by atoms with E-state index in [-0.39, 0.29) is 11.5 Å². The molecule has 162 valence electrons. The van der Waals surface area contributed by atoms with Crippen molar-refractivity contribution < 1.29 is 22.5 Å². The highest BCUT2D eigenvalue weighted by Gasteiger charge is 2.30. The van der Waals surface area contributed by atoms with Crippen molar-refractivity contribution in [3.63, 3.8) is 0 Å². The van der Waals surface area contributed by atoms with Gasteiger partial charge in [0.2, 0.25) is 11.7 Å². The lowest BCUT2D eigenvalue weighted by Crippen LogP contribution is -2.49. The minimum Gasteiger partial charge on any atom is -0.353 e. The van der Waals surface area contributed by atoms with Gasteiger partial charge in [-0.05, 0) is 36.4 Å². The molecule has 4 rings (SSSR count). The van der Waals surface area contributed by atoms with Crippen molar-refractivity contribution in [2.45, 2.75) is 19.5 Å². The van der Waals surface area contributed by atoms with Crippen LogP contribution in [-0.2, 0) is 12.6 Å². The van der Waals surface area contributed by atoms with Crippen molar-refractivity contribution in [1.82, 2.24) is 20.0 Å². The van der Waals surface area contributed by atoms with Gasteiger partial charge in [0.25, 0.3) is 5.91 Å². The van der Waals surface area contributed by atoms with Gasteiger partial charge in [-0.25, -0.2) is 4.98 Å². The van der Waals surface area contributed by atoms with Gasteiger partial charge in [0.1, 0.15) is 5.82 Å². The molecule has 1 aliphatic rings. The minimum absolute atomic E-state index is 0.246. The van der Waals surface area contributed by atoms with Gasteiger partial charge in [0.05, 0.1) is 5.56 Å². The maximum atomic E-state index is 12.7. The number of hydrogen-bond donors (Lipinski definition) is 0. The van der Waals surface area contributed by atoms with E-state index in [0.29, 0.717) is 44.3 Å². The smallest absolute Gasteiger partial charge is 0.353 e. The lowest BCUT2D eigenvalue weighted by atomic mass is 10.1. The zero-order chi connectivity index (χ0) is 22.0. The average molecular weight is 431 g/mol.